The first-order valence-electron chi connectivity index (χ1n) is 9.79. The number of ether oxygens (including phenoxy) is 1. The van der Waals surface area contributed by atoms with Gasteiger partial charge in [-0.3, -0.25) is 4.79 Å². The molecule has 1 aromatic carbocycles. The summed E-state index contributed by atoms with van der Waals surface area (Å²) in [5, 5.41) is 0. The molecule has 154 valence electrons. The Labute approximate surface area is 170 Å². The van der Waals surface area contributed by atoms with Crippen LogP contribution in [0.2, 0.25) is 0 Å². The minimum absolute atomic E-state index is 0.122. The van der Waals surface area contributed by atoms with Crippen molar-refractivity contribution >= 4 is 15.9 Å². The van der Waals surface area contributed by atoms with E-state index in [2.05, 4.69) is 9.97 Å². The Balaban J connectivity index is 1.39. The van der Waals surface area contributed by atoms with Crippen LogP contribution < -0.4 is 4.74 Å². The highest BCUT2D eigenvalue weighted by Crippen LogP contribution is 2.23. The SMILES string of the molecule is Cc1nccc(O[C@H]2CCN(C(=O)c3ccc(S(=O)(=O)N4CCCC4)cc3)C2)n1. The summed E-state index contributed by atoms with van der Waals surface area (Å²) in [6.45, 7) is 3.97. The van der Waals surface area contributed by atoms with Gasteiger partial charge in [-0.25, -0.2) is 13.4 Å². The Morgan fingerprint density at radius 3 is 2.52 bits per heavy atom. The number of hydrogen-bond acceptors (Lipinski definition) is 6. The van der Waals surface area contributed by atoms with Gasteiger partial charge >= 0.3 is 0 Å². The third kappa shape index (κ3) is 4.25. The highest BCUT2D eigenvalue weighted by Gasteiger charge is 2.30. The largest absolute Gasteiger partial charge is 0.472 e. The molecule has 0 unspecified atom stereocenters. The molecule has 0 N–H and O–H groups in total. The number of benzene rings is 1. The van der Waals surface area contributed by atoms with Crippen molar-refractivity contribution in [3.63, 3.8) is 0 Å². The summed E-state index contributed by atoms with van der Waals surface area (Å²) >= 11 is 0. The van der Waals surface area contributed by atoms with Gasteiger partial charge in [0.2, 0.25) is 15.9 Å². The normalized spacial score (nSPS) is 20.2. The Bertz CT molecular complexity index is 988. The fourth-order valence-electron chi connectivity index (χ4n) is 3.71. The molecule has 29 heavy (non-hydrogen) atoms. The minimum Gasteiger partial charge on any atom is -0.472 e. The second-order valence-corrected chi connectivity index (χ2v) is 9.30. The fourth-order valence-corrected chi connectivity index (χ4v) is 5.23. The fraction of sp³-hybridized carbons (Fsp3) is 0.450. The maximum Gasteiger partial charge on any atom is 0.253 e. The zero-order valence-corrected chi connectivity index (χ0v) is 17.1. The summed E-state index contributed by atoms with van der Waals surface area (Å²) in [6, 6.07) is 7.93. The van der Waals surface area contributed by atoms with E-state index in [1.807, 2.05) is 0 Å². The standard InChI is InChI=1S/C20H24N4O4S/c1-15-21-10-8-19(22-15)28-17-9-13-23(14-17)20(25)16-4-6-18(7-5-16)29(26,27)24-11-2-3-12-24/h4-8,10,17H,2-3,9,11-14H2,1H3/t17-/m0/s1. The number of carbonyl (C=O) groups excluding carboxylic acids is 1. The monoisotopic (exact) mass is 416 g/mol. The van der Waals surface area contributed by atoms with Gasteiger partial charge in [-0.15, -0.1) is 0 Å². The van der Waals surface area contributed by atoms with Gasteiger partial charge in [-0.2, -0.15) is 9.29 Å². The quantitative estimate of drug-likeness (QED) is 0.739. The number of rotatable bonds is 5. The highest BCUT2D eigenvalue weighted by molar-refractivity contribution is 7.89. The molecule has 2 aliphatic heterocycles. The second kappa shape index (κ2) is 8.08. The zero-order valence-electron chi connectivity index (χ0n) is 16.3. The van der Waals surface area contributed by atoms with E-state index in [0.29, 0.717) is 43.4 Å². The highest BCUT2D eigenvalue weighted by atomic mass is 32.2. The molecule has 4 rings (SSSR count). The molecule has 0 spiro atoms. The van der Waals surface area contributed by atoms with Crippen LogP contribution >= 0.6 is 0 Å². The number of nitrogens with zero attached hydrogens (tertiary/aromatic N) is 4. The smallest absolute Gasteiger partial charge is 0.253 e. The number of aryl methyl sites for hydroxylation is 1. The van der Waals surface area contributed by atoms with Crippen LogP contribution in [0.15, 0.2) is 41.4 Å². The maximum atomic E-state index is 12.8. The van der Waals surface area contributed by atoms with Crippen molar-refractivity contribution in [3.8, 4) is 5.88 Å². The lowest BCUT2D eigenvalue weighted by atomic mass is 10.2. The average molecular weight is 417 g/mol. The van der Waals surface area contributed by atoms with E-state index in [4.69, 9.17) is 4.74 Å². The van der Waals surface area contributed by atoms with Gasteiger partial charge in [0.1, 0.15) is 11.9 Å². The Morgan fingerprint density at radius 2 is 1.83 bits per heavy atom. The lowest BCUT2D eigenvalue weighted by molar-refractivity contribution is 0.0771. The van der Waals surface area contributed by atoms with Gasteiger partial charge in [-0.05, 0) is 44.0 Å². The van der Waals surface area contributed by atoms with Crippen molar-refractivity contribution in [2.45, 2.75) is 37.2 Å². The number of likely N-dealkylation sites (tertiary alicyclic amines) is 1. The molecule has 0 saturated carbocycles. The van der Waals surface area contributed by atoms with Crippen molar-refractivity contribution in [2.24, 2.45) is 0 Å². The predicted molar refractivity (Wildman–Crippen MR) is 106 cm³/mol. The first kappa shape index (κ1) is 19.8. The van der Waals surface area contributed by atoms with Crippen LogP contribution in [0.5, 0.6) is 5.88 Å². The molecule has 0 aliphatic carbocycles. The van der Waals surface area contributed by atoms with Crippen LogP contribution in [-0.2, 0) is 10.0 Å². The number of carbonyl (C=O) groups is 1. The van der Waals surface area contributed by atoms with E-state index in [9.17, 15) is 13.2 Å². The molecule has 2 aliphatic rings. The number of aromatic nitrogens is 2. The molecule has 1 aromatic heterocycles. The minimum atomic E-state index is -3.47. The Hall–Kier alpha value is -2.52. The molecule has 2 fully saturated rings. The van der Waals surface area contributed by atoms with E-state index in [1.54, 1.807) is 36.2 Å². The van der Waals surface area contributed by atoms with E-state index in [0.717, 1.165) is 19.3 Å². The molecular weight excluding hydrogens is 392 g/mol. The molecule has 9 heteroatoms. The van der Waals surface area contributed by atoms with E-state index < -0.39 is 10.0 Å². The van der Waals surface area contributed by atoms with Crippen molar-refractivity contribution < 1.29 is 17.9 Å². The van der Waals surface area contributed by atoms with E-state index in [1.165, 1.54) is 16.4 Å². The summed E-state index contributed by atoms with van der Waals surface area (Å²) in [7, 11) is -3.47. The Kier molecular flexibility index (Phi) is 5.51. The third-order valence-corrected chi connectivity index (χ3v) is 7.19. The number of amides is 1. The molecule has 1 amide bonds. The average Bonchev–Trinajstić information content (AvgIpc) is 3.40. The summed E-state index contributed by atoms with van der Waals surface area (Å²) in [6.07, 6.45) is 4.03. The lowest BCUT2D eigenvalue weighted by Crippen LogP contribution is -2.31. The van der Waals surface area contributed by atoms with Crippen LogP contribution in [0.1, 0.15) is 35.4 Å². The molecule has 3 heterocycles. The van der Waals surface area contributed by atoms with Crippen LogP contribution in [0.3, 0.4) is 0 Å². The summed E-state index contributed by atoms with van der Waals surface area (Å²) < 4.78 is 32.6. The molecule has 0 radical (unpaired) electrons. The van der Waals surface area contributed by atoms with Gasteiger partial charge < -0.3 is 9.64 Å². The van der Waals surface area contributed by atoms with Crippen molar-refractivity contribution in [1.82, 2.24) is 19.2 Å². The van der Waals surface area contributed by atoms with E-state index >= 15 is 0 Å². The summed E-state index contributed by atoms with van der Waals surface area (Å²) in [5.41, 5.74) is 0.476. The van der Waals surface area contributed by atoms with Gasteiger partial charge in [0.25, 0.3) is 5.91 Å². The van der Waals surface area contributed by atoms with Crippen LogP contribution in [0.25, 0.3) is 0 Å². The van der Waals surface area contributed by atoms with Gasteiger partial charge in [0.05, 0.1) is 11.4 Å². The van der Waals surface area contributed by atoms with Crippen molar-refractivity contribution in [1.29, 1.82) is 0 Å². The topological polar surface area (TPSA) is 92.7 Å². The summed E-state index contributed by atoms with van der Waals surface area (Å²) in [5.74, 6) is 1.02. The number of hydrogen-bond donors (Lipinski definition) is 0. The van der Waals surface area contributed by atoms with Crippen LogP contribution in [0.4, 0.5) is 0 Å². The first-order chi connectivity index (χ1) is 13.9. The van der Waals surface area contributed by atoms with Crippen molar-refractivity contribution in [3.05, 3.63) is 47.9 Å². The summed E-state index contributed by atoms with van der Waals surface area (Å²) in [4.78, 5) is 23.0. The lowest BCUT2D eigenvalue weighted by Gasteiger charge is -2.18. The zero-order chi connectivity index (χ0) is 20.4. The second-order valence-electron chi connectivity index (χ2n) is 7.36. The molecule has 1 atom stereocenters. The van der Waals surface area contributed by atoms with Gasteiger partial charge in [-0.1, -0.05) is 0 Å². The Morgan fingerprint density at radius 1 is 1.10 bits per heavy atom. The molecule has 2 saturated heterocycles. The van der Waals surface area contributed by atoms with Crippen molar-refractivity contribution in [2.75, 3.05) is 26.2 Å². The van der Waals surface area contributed by atoms with E-state index in [-0.39, 0.29) is 16.9 Å². The number of sulfonamides is 1. The maximum absolute atomic E-state index is 12.8. The molecular formula is C20H24N4O4S. The third-order valence-electron chi connectivity index (χ3n) is 5.27. The van der Waals surface area contributed by atoms with Crippen LogP contribution in [0, 0.1) is 6.92 Å². The predicted octanol–water partition coefficient (Wildman–Crippen LogP) is 1.86. The molecule has 2 aromatic rings. The molecule has 8 nitrogen and oxygen atoms in total. The van der Waals surface area contributed by atoms with Gasteiger partial charge in [0, 0.05) is 43.9 Å². The first-order valence-corrected chi connectivity index (χ1v) is 11.2. The van der Waals surface area contributed by atoms with Crippen LogP contribution in [-0.4, -0.2) is 65.8 Å². The van der Waals surface area contributed by atoms with Gasteiger partial charge in [0.15, 0.2) is 0 Å². The molecule has 0 bridgehead atoms.